The van der Waals surface area contributed by atoms with Gasteiger partial charge in [0.2, 0.25) is 0 Å². The van der Waals surface area contributed by atoms with Gasteiger partial charge in [0.05, 0.1) is 5.56 Å². The number of aromatic hydroxyl groups is 2. The number of nitrogens with one attached hydrogen (secondary N) is 3. The van der Waals surface area contributed by atoms with E-state index in [2.05, 4.69) is 10.2 Å². The normalized spacial score (nSPS) is 21.3. The third-order valence-electron chi connectivity index (χ3n) is 7.04. The highest BCUT2D eigenvalue weighted by molar-refractivity contribution is 6.40. The van der Waals surface area contributed by atoms with Crippen molar-refractivity contribution < 1.29 is 19.4 Å². The molecule has 1 heterocycles. The zero-order valence-electron chi connectivity index (χ0n) is 20.2. The topological polar surface area (TPSA) is 124 Å². The van der Waals surface area contributed by atoms with Gasteiger partial charge in [-0.1, -0.05) is 20.3 Å². The van der Waals surface area contributed by atoms with E-state index in [1.807, 2.05) is 13.8 Å². The summed E-state index contributed by atoms with van der Waals surface area (Å²) in [7, 11) is 0. The molecule has 5 N–H and O–H groups in total. The number of hydrogen-bond donors (Lipinski definition) is 5. The van der Waals surface area contributed by atoms with E-state index in [-0.39, 0.29) is 41.4 Å². The largest absolute Gasteiger partial charge is 0.508 e. The number of amides is 1. The minimum absolute atomic E-state index is 0.0483. The average molecular weight is 476 g/mol. The van der Waals surface area contributed by atoms with Gasteiger partial charge in [-0.3, -0.25) is 15.6 Å². The number of phenols is 2. The molecule has 2 aliphatic rings. The lowest BCUT2D eigenvalue weighted by Crippen LogP contribution is -2.53. The minimum Gasteiger partial charge on any atom is -0.508 e. The van der Waals surface area contributed by atoms with Crippen LogP contribution in [-0.4, -0.2) is 76.0 Å². The molecule has 0 unspecified atom stereocenters. The minimum atomic E-state index is -0.747. The quantitative estimate of drug-likeness (QED) is 0.317. The number of amidine groups is 2. The molecule has 188 valence electrons. The van der Waals surface area contributed by atoms with Crippen LogP contribution < -0.4 is 5.32 Å². The molecule has 3 rings (SSSR count). The van der Waals surface area contributed by atoms with Crippen LogP contribution in [-0.2, 0) is 4.79 Å². The number of nitrogens with zero attached hydrogens (tertiary/aromatic N) is 2. The third-order valence-corrected chi connectivity index (χ3v) is 7.04. The van der Waals surface area contributed by atoms with E-state index in [1.54, 1.807) is 6.07 Å². The number of benzene rings is 1. The van der Waals surface area contributed by atoms with Crippen molar-refractivity contribution in [3.8, 4) is 11.5 Å². The SMILES string of the molecule is CC(C)c1cc(C(=N)N(C(=N)C(=O)NCCF)C2CCC(N3CCCCC3)CC2)c(O)cc1O. The molecule has 1 aliphatic carbocycles. The lowest BCUT2D eigenvalue weighted by atomic mass is 9.87. The number of phenolic OH excluding ortho intramolecular Hbond substituents is 2. The van der Waals surface area contributed by atoms with Gasteiger partial charge in [0.15, 0.2) is 5.84 Å². The molecule has 8 nitrogen and oxygen atoms in total. The van der Waals surface area contributed by atoms with E-state index in [9.17, 15) is 19.4 Å². The second-order valence-corrected chi connectivity index (χ2v) is 9.65. The van der Waals surface area contributed by atoms with Crippen molar-refractivity contribution in [2.75, 3.05) is 26.3 Å². The van der Waals surface area contributed by atoms with Crippen molar-refractivity contribution in [3.63, 3.8) is 0 Å². The Kier molecular flexibility index (Phi) is 8.88. The number of carbonyl (C=O) groups is 1. The number of rotatable bonds is 6. The second kappa shape index (κ2) is 11.6. The van der Waals surface area contributed by atoms with Crippen LogP contribution in [0, 0.1) is 10.8 Å². The predicted molar refractivity (Wildman–Crippen MR) is 131 cm³/mol. The summed E-state index contributed by atoms with van der Waals surface area (Å²) in [6, 6.07) is 2.97. The van der Waals surface area contributed by atoms with E-state index >= 15 is 0 Å². The Morgan fingerprint density at radius 3 is 2.35 bits per heavy atom. The fourth-order valence-corrected chi connectivity index (χ4v) is 5.17. The highest BCUT2D eigenvalue weighted by atomic mass is 19.1. The maximum absolute atomic E-state index is 12.6. The summed E-state index contributed by atoms with van der Waals surface area (Å²) in [5, 5.41) is 40.6. The Labute approximate surface area is 201 Å². The summed E-state index contributed by atoms with van der Waals surface area (Å²) in [6.07, 6.45) is 6.94. The zero-order valence-corrected chi connectivity index (χ0v) is 20.2. The molecular formula is C25H38FN5O3. The standard InChI is InChI=1S/C25H38FN5O3/c1-16(2)19-14-20(22(33)15-21(19)32)23(27)31(24(28)25(34)29-11-10-26)18-8-6-17(7-9-18)30-12-4-3-5-13-30/h14-18,27-28,32-33H,3-13H2,1-2H3,(H,29,34). The summed E-state index contributed by atoms with van der Waals surface area (Å²) in [5.41, 5.74) is 0.724. The van der Waals surface area contributed by atoms with Crippen LogP contribution in [0.25, 0.3) is 0 Å². The first-order chi connectivity index (χ1) is 16.2. The van der Waals surface area contributed by atoms with Gasteiger partial charge in [0, 0.05) is 24.7 Å². The molecule has 1 aliphatic heterocycles. The molecule has 1 aromatic carbocycles. The molecule has 0 bridgehead atoms. The lowest BCUT2D eigenvalue weighted by Gasteiger charge is -2.42. The number of carbonyl (C=O) groups excluding carboxylic acids is 1. The third kappa shape index (κ3) is 5.87. The summed E-state index contributed by atoms with van der Waals surface area (Å²) < 4.78 is 12.6. The molecule has 0 spiro atoms. The molecule has 0 radical (unpaired) electrons. The summed E-state index contributed by atoms with van der Waals surface area (Å²) in [4.78, 5) is 16.5. The van der Waals surface area contributed by atoms with Crippen molar-refractivity contribution in [1.29, 1.82) is 10.8 Å². The van der Waals surface area contributed by atoms with Crippen molar-refractivity contribution >= 4 is 17.6 Å². The van der Waals surface area contributed by atoms with Crippen molar-refractivity contribution in [2.24, 2.45) is 0 Å². The van der Waals surface area contributed by atoms with Crippen LogP contribution in [0.5, 0.6) is 11.5 Å². The zero-order chi connectivity index (χ0) is 24.8. The molecular weight excluding hydrogens is 437 g/mol. The lowest BCUT2D eigenvalue weighted by molar-refractivity contribution is -0.115. The molecule has 2 fully saturated rings. The second-order valence-electron chi connectivity index (χ2n) is 9.65. The Balaban J connectivity index is 1.86. The van der Waals surface area contributed by atoms with Gasteiger partial charge in [-0.15, -0.1) is 0 Å². The molecule has 1 aromatic rings. The smallest absolute Gasteiger partial charge is 0.286 e. The number of alkyl halides is 1. The van der Waals surface area contributed by atoms with E-state index < -0.39 is 18.4 Å². The summed E-state index contributed by atoms with van der Waals surface area (Å²) >= 11 is 0. The van der Waals surface area contributed by atoms with Crippen LogP contribution in [0.4, 0.5) is 4.39 Å². The molecule has 1 saturated heterocycles. The van der Waals surface area contributed by atoms with E-state index in [1.165, 1.54) is 30.2 Å². The molecule has 34 heavy (non-hydrogen) atoms. The van der Waals surface area contributed by atoms with Crippen molar-refractivity contribution in [2.45, 2.75) is 76.8 Å². The number of hydrogen-bond acceptors (Lipinski definition) is 6. The number of halogens is 1. The van der Waals surface area contributed by atoms with Crippen LogP contribution >= 0.6 is 0 Å². The van der Waals surface area contributed by atoms with E-state index in [0.717, 1.165) is 25.9 Å². The van der Waals surface area contributed by atoms with E-state index in [4.69, 9.17) is 10.8 Å². The molecule has 0 atom stereocenters. The monoisotopic (exact) mass is 475 g/mol. The average Bonchev–Trinajstić information content (AvgIpc) is 2.83. The molecule has 9 heteroatoms. The first-order valence-electron chi connectivity index (χ1n) is 12.3. The Bertz CT molecular complexity index is 893. The Morgan fingerprint density at radius 2 is 1.76 bits per heavy atom. The van der Waals surface area contributed by atoms with Crippen molar-refractivity contribution in [3.05, 3.63) is 23.3 Å². The fraction of sp³-hybridized carbons (Fsp3) is 0.640. The number of piperidine rings is 1. The highest BCUT2D eigenvalue weighted by Crippen LogP contribution is 2.35. The van der Waals surface area contributed by atoms with Crippen molar-refractivity contribution in [1.82, 2.24) is 15.1 Å². The van der Waals surface area contributed by atoms with E-state index in [0.29, 0.717) is 24.4 Å². The van der Waals surface area contributed by atoms with Gasteiger partial charge < -0.3 is 25.3 Å². The predicted octanol–water partition coefficient (Wildman–Crippen LogP) is 3.71. The molecule has 0 aromatic heterocycles. The Morgan fingerprint density at radius 1 is 1.12 bits per heavy atom. The van der Waals surface area contributed by atoms with Gasteiger partial charge in [-0.25, -0.2) is 4.39 Å². The van der Waals surface area contributed by atoms with Crippen LogP contribution in [0.3, 0.4) is 0 Å². The van der Waals surface area contributed by atoms with Gasteiger partial charge in [-0.05, 0) is 69.2 Å². The van der Waals surface area contributed by atoms with Gasteiger partial charge in [-0.2, -0.15) is 0 Å². The van der Waals surface area contributed by atoms with Gasteiger partial charge in [0.25, 0.3) is 5.91 Å². The van der Waals surface area contributed by atoms with Gasteiger partial charge in [0.1, 0.15) is 24.0 Å². The summed E-state index contributed by atoms with van der Waals surface area (Å²) in [6.45, 7) is 5.06. The Hall–Kier alpha value is -2.68. The highest BCUT2D eigenvalue weighted by Gasteiger charge is 2.35. The van der Waals surface area contributed by atoms with Crippen LogP contribution in [0.2, 0.25) is 0 Å². The van der Waals surface area contributed by atoms with Crippen LogP contribution in [0.15, 0.2) is 12.1 Å². The van der Waals surface area contributed by atoms with Gasteiger partial charge >= 0.3 is 0 Å². The molecule has 1 amide bonds. The maximum atomic E-state index is 12.6. The summed E-state index contributed by atoms with van der Waals surface area (Å²) in [5.74, 6) is -1.74. The van der Waals surface area contributed by atoms with Crippen LogP contribution in [0.1, 0.15) is 75.8 Å². The fourth-order valence-electron chi connectivity index (χ4n) is 5.17. The first kappa shape index (κ1) is 25.9. The maximum Gasteiger partial charge on any atom is 0.286 e. The first-order valence-corrected chi connectivity index (χ1v) is 12.3. The number of likely N-dealkylation sites (tertiary alicyclic amines) is 1. The molecule has 1 saturated carbocycles.